The van der Waals surface area contributed by atoms with Gasteiger partial charge in [0.1, 0.15) is 12.4 Å². The summed E-state index contributed by atoms with van der Waals surface area (Å²) in [6.45, 7) is 0.443. The third-order valence-corrected chi connectivity index (χ3v) is 3.88. The number of hydrogen-bond donors (Lipinski definition) is 1. The first-order valence-electron chi connectivity index (χ1n) is 7.55. The lowest BCUT2D eigenvalue weighted by molar-refractivity contribution is 0.302. The summed E-state index contributed by atoms with van der Waals surface area (Å²) in [5.74, 6) is 0.818. The fourth-order valence-corrected chi connectivity index (χ4v) is 2.68. The number of nitrogens with two attached hydrogens (primary N) is 1. The van der Waals surface area contributed by atoms with Crippen molar-refractivity contribution in [2.75, 3.05) is 5.73 Å². The number of benzene rings is 3. The van der Waals surface area contributed by atoms with Gasteiger partial charge in [-0.15, -0.1) is 0 Å². The van der Waals surface area contributed by atoms with Crippen LogP contribution in [0.5, 0.6) is 5.75 Å². The third-order valence-electron chi connectivity index (χ3n) is 3.88. The van der Waals surface area contributed by atoms with Crippen molar-refractivity contribution < 1.29 is 4.74 Å². The third kappa shape index (κ3) is 2.81. The van der Waals surface area contributed by atoms with Crippen LogP contribution in [0.3, 0.4) is 0 Å². The van der Waals surface area contributed by atoms with E-state index in [1.165, 1.54) is 0 Å². The van der Waals surface area contributed by atoms with Crippen LogP contribution in [-0.4, -0.2) is 4.98 Å². The summed E-state index contributed by atoms with van der Waals surface area (Å²) < 4.78 is 5.89. The van der Waals surface area contributed by atoms with E-state index in [0.717, 1.165) is 38.8 Å². The molecular weight excluding hydrogens is 284 g/mol. The van der Waals surface area contributed by atoms with Gasteiger partial charge in [0.25, 0.3) is 0 Å². The van der Waals surface area contributed by atoms with Crippen molar-refractivity contribution in [3.63, 3.8) is 0 Å². The zero-order valence-corrected chi connectivity index (χ0v) is 12.6. The second kappa shape index (κ2) is 5.61. The molecule has 0 bridgehead atoms. The Kier molecular flexibility index (Phi) is 3.31. The molecule has 0 amide bonds. The number of rotatable bonds is 3. The number of nitrogens with zero attached hydrogens (tertiary/aromatic N) is 1. The number of hydrogen-bond acceptors (Lipinski definition) is 3. The lowest BCUT2D eigenvalue weighted by atomic mass is 10.1. The number of pyridine rings is 1. The minimum absolute atomic E-state index is 0.443. The van der Waals surface area contributed by atoms with Crippen molar-refractivity contribution in [1.29, 1.82) is 0 Å². The summed E-state index contributed by atoms with van der Waals surface area (Å²) in [5, 5.41) is 3.36. The molecule has 2 N–H and O–H groups in total. The maximum Gasteiger partial charge on any atom is 0.130 e. The lowest BCUT2D eigenvalue weighted by Crippen LogP contribution is -1.98. The van der Waals surface area contributed by atoms with Crippen molar-refractivity contribution in [3.05, 3.63) is 78.5 Å². The molecule has 0 spiro atoms. The van der Waals surface area contributed by atoms with E-state index in [2.05, 4.69) is 17.1 Å². The van der Waals surface area contributed by atoms with Gasteiger partial charge in [-0.2, -0.15) is 0 Å². The van der Waals surface area contributed by atoms with E-state index in [-0.39, 0.29) is 0 Å². The second-order valence-electron chi connectivity index (χ2n) is 5.55. The van der Waals surface area contributed by atoms with Crippen LogP contribution in [0.1, 0.15) is 5.69 Å². The highest BCUT2D eigenvalue weighted by atomic mass is 16.5. The molecule has 4 aromatic rings. The SMILES string of the molecule is Nc1ccc2ccc(OCc3ccc4ccccc4n3)cc2c1. The van der Waals surface area contributed by atoms with Gasteiger partial charge in [0.05, 0.1) is 11.2 Å². The van der Waals surface area contributed by atoms with Crippen molar-refractivity contribution in [3.8, 4) is 5.75 Å². The molecule has 23 heavy (non-hydrogen) atoms. The monoisotopic (exact) mass is 300 g/mol. The minimum Gasteiger partial charge on any atom is -0.487 e. The molecule has 3 aromatic carbocycles. The summed E-state index contributed by atoms with van der Waals surface area (Å²) >= 11 is 0. The molecule has 1 heterocycles. The van der Waals surface area contributed by atoms with Gasteiger partial charge < -0.3 is 10.5 Å². The number of ether oxygens (including phenoxy) is 1. The van der Waals surface area contributed by atoms with E-state index in [1.807, 2.05) is 60.7 Å². The van der Waals surface area contributed by atoms with Crippen LogP contribution in [-0.2, 0) is 6.61 Å². The quantitative estimate of drug-likeness (QED) is 0.565. The van der Waals surface area contributed by atoms with Gasteiger partial charge in [-0.05, 0) is 47.2 Å². The largest absolute Gasteiger partial charge is 0.487 e. The molecule has 0 unspecified atom stereocenters. The van der Waals surface area contributed by atoms with Crippen LogP contribution in [0.4, 0.5) is 5.69 Å². The van der Waals surface area contributed by atoms with Crippen molar-refractivity contribution >= 4 is 27.4 Å². The highest BCUT2D eigenvalue weighted by Gasteiger charge is 2.02. The Morgan fingerprint density at radius 2 is 1.61 bits per heavy atom. The summed E-state index contributed by atoms with van der Waals surface area (Å²) in [6, 6.07) is 24.0. The Morgan fingerprint density at radius 3 is 2.57 bits per heavy atom. The van der Waals surface area contributed by atoms with E-state index in [9.17, 15) is 0 Å². The Balaban J connectivity index is 1.57. The number of fused-ring (bicyclic) bond motifs is 2. The Hall–Kier alpha value is -3.07. The fraction of sp³-hybridized carbons (Fsp3) is 0.0500. The number of anilines is 1. The van der Waals surface area contributed by atoms with Gasteiger partial charge in [-0.1, -0.05) is 36.4 Å². The van der Waals surface area contributed by atoms with Gasteiger partial charge in [-0.25, -0.2) is 4.98 Å². The predicted octanol–water partition coefficient (Wildman–Crippen LogP) is 4.55. The predicted molar refractivity (Wildman–Crippen MR) is 94.4 cm³/mol. The molecule has 0 aliphatic rings. The highest BCUT2D eigenvalue weighted by Crippen LogP contribution is 2.23. The summed E-state index contributed by atoms with van der Waals surface area (Å²) in [7, 11) is 0. The highest BCUT2D eigenvalue weighted by molar-refractivity contribution is 5.86. The molecular formula is C20H16N2O. The van der Waals surface area contributed by atoms with Crippen LogP contribution < -0.4 is 10.5 Å². The summed E-state index contributed by atoms with van der Waals surface area (Å²) in [4.78, 5) is 4.62. The average molecular weight is 300 g/mol. The van der Waals surface area contributed by atoms with E-state index >= 15 is 0 Å². The first kappa shape index (κ1) is 13.6. The molecule has 0 aliphatic heterocycles. The number of para-hydroxylation sites is 1. The van der Waals surface area contributed by atoms with Crippen LogP contribution in [0.2, 0.25) is 0 Å². The second-order valence-corrected chi connectivity index (χ2v) is 5.55. The number of aromatic nitrogens is 1. The standard InChI is InChI=1S/C20H16N2O/c21-17-8-5-14-7-10-19(12-16(14)11-17)23-13-18-9-6-15-3-1-2-4-20(15)22-18/h1-12H,13,21H2. The minimum atomic E-state index is 0.443. The first-order valence-corrected chi connectivity index (χ1v) is 7.55. The molecule has 0 saturated carbocycles. The Bertz CT molecular complexity index is 995. The molecule has 0 atom stereocenters. The topological polar surface area (TPSA) is 48.1 Å². The molecule has 0 radical (unpaired) electrons. The maximum atomic E-state index is 5.89. The maximum absolute atomic E-state index is 5.89. The molecule has 0 fully saturated rings. The zero-order chi connectivity index (χ0) is 15.6. The number of nitrogen functional groups attached to an aromatic ring is 1. The van der Waals surface area contributed by atoms with Gasteiger partial charge in [-0.3, -0.25) is 0 Å². The molecule has 3 nitrogen and oxygen atoms in total. The summed E-state index contributed by atoms with van der Waals surface area (Å²) in [5.41, 5.74) is 8.50. The zero-order valence-electron chi connectivity index (χ0n) is 12.6. The Morgan fingerprint density at radius 1 is 0.783 bits per heavy atom. The van der Waals surface area contributed by atoms with Crippen LogP contribution >= 0.6 is 0 Å². The van der Waals surface area contributed by atoms with Gasteiger partial charge in [0.2, 0.25) is 0 Å². The normalized spacial score (nSPS) is 11.0. The smallest absolute Gasteiger partial charge is 0.130 e. The van der Waals surface area contributed by atoms with Crippen LogP contribution in [0, 0.1) is 0 Å². The van der Waals surface area contributed by atoms with E-state index in [4.69, 9.17) is 10.5 Å². The molecule has 112 valence electrons. The van der Waals surface area contributed by atoms with Crippen LogP contribution in [0.25, 0.3) is 21.7 Å². The average Bonchev–Trinajstić information content (AvgIpc) is 2.59. The molecule has 1 aromatic heterocycles. The molecule has 0 saturated heterocycles. The Labute approximate surface area is 134 Å². The van der Waals surface area contributed by atoms with Gasteiger partial charge >= 0.3 is 0 Å². The van der Waals surface area contributed by atoms with Crippen molar-refractivity contribution in [2.24, 2.45) is 0 Å². The first-order chi connectivity index (χ1) is 11.3. The van der Waals surface area contributed by atoms with Crippen molar-refractivity contribution in [2.45, 2.75) is 6.61 Å². The van der Waals surface area contributed by atoms with Crippen LogP contribution in [0.15, 0.2) is 72.8 Å². The van der Waals surface area contributed by atoms with Gasteiger partial charge in [0, 0.05) is 11.1 Å². The van der Waals surface area contributed by atoms with Crippen molar-refractivity contribution in [1.82, 2.24) is 4.98 Å². The van der Waals surface area contributed by atoms with E-state index < -0.39 is 0 Å². The summed E-state index contributed by atoms with van der Waals surface area (Å²) in [6.07, 6.45) is 0. The fourth-order valence-electron chi connectivity index (χ4n) is 2.68. The van der Waals surface area contributed by atoms with E-state index in [0.29, 0.717) is 6.61 Å². The molecule has 4 rings (SSSR count). The lowest BCUT2D eigenvalue weighted by Gasteiger charge is -2.08. The van der Waals surface area contributed by atoms with Gasteiger partial charge in [0.15, 0.2) is 0 Å². The molecule has 3 heteroatoms. The molecule has 0 aliphatic carbocycles. The van der Waals surface area contributed by atoms with E-state index in [1.54, 1.807) is 0 Å².